The number of aromatic nitrogens is 1. The second kappa shape index (κ2) is 6.23. The Morgan fingerprint density at radius 3 is 2.52 bits per heavy atom. The third-order valence-electron chi connectivity index (χ3n) is 5.45. The summed E-state index contributed by atoms with van der Waals surface area (Å²) in [6, 6.07) is 0. The van der Waals surface area contributed by atoms with Crippen molar-refractivity contribution in [2.24, 2.45) is 11.8 Å². The maximum absolute atomic E-state index is 12.6. The smallest absolute Gasteiger partial charge is 0.229 e. The van der Waals surface area contributed by atoms with E-state index in [1.807, 2.05) is 4.90 Å². The van der Waals surface area contributed by atoms with Crippen molar-refractivity contribution in [3.05, 3.63) is 10.6 Å². The van der Waals surface area contributed by atoms with Crippen LogP contribution >= 0.6 is 11.3 Å². The highest BCUT2D eigenvalue weighted by Gasteiger charge is 2.31. The number of anilines is 1. The summed E-state index contributed by atoms with van der Waals surface area (Å²) in [7, 11) is 0. The van der Waals surface area contributed by atoms with Gasteiger partial charge in [0.25, 0.3) is 0 Å². The van der Waals surface area contributed by atoms with Crippen LogP contribution in [0.1, 0.15) is 55.5 Å². The van der Waals surface area contributed by atoms with Gasteiger partial charge in [0.15, 0.2) is 5.13 Å². The van der Waals surface area contributed by atoms with Crippen molar-refractivity contribution in [1.29, 1.82) is 0 Å². The molecule has 2 fully saturated rings. The Labute approximate surface area is 140 Å². The highest BCUT2D eigenvalue weighted by molar-refractivity contribution is 7.15. The first-order chi connectivity index (χ1) is 11.2. The van der Waals surface area contributed by atoms with Crippen LogP contribution in [-0.4, -0.2) is 28.2 Å². The Bertz CT molecular complexity index is 617. The van der Waals surface area contributed by atoms with E-state index in [1.54, 1.807) is 11.3 Å². The van der Waals surface area contributed by atoms with E-state index in [0.29, 0.717) is 17.6 Å². The van der Waals surface area contributed by atoms with Crippen LogP contribution < -0.4 is 5.32 Å². The molecule has 6 heteroatoms. The van der Waals surface area contributed by atoms with Crippen LogP contribution in [0.4, 0.5) is 5.13 Å². The van der Waals surface area contributed by atoms with Crippen molar-refractivity contribution in [3.63, 3.8) is 0 Å². The average Bonchev–Trinajstić information content (AvgIpc) is 3.12. The first-order valence-corrected chi connectivity index (χ1v) is 9.60. The van der Waals surface area contributed by atoms with Crippen molar-refractivity contribution in [2.45, 2.75) is 57.9 Å². The fraction of sp³-hybridized carbons (Fsp3) is 0.706. The minimum absolute atomic E-state index is 0.112. The Kier molecular flexibility index (Phi) is 4.09. The van der Waals surface area contributed by atoms with Crippen molar-refractivity contribution in [1.82, 2.24) is 9.88 Å². The standard InChI is InChI=1S/C17H23N3O2S/c21-15(11-6-3-7-11)19-17-18-13-8-9-20(10-14(13)23-17)16(22)12-4-1-2-5-12/h11-12H,1-10H2,(H,18,19,21). The Morgan fingerprint density at radius 1 is 1.09 bits per heavy atom. The molecular formula is C17H23N3O2S. The van der Waals surface area contributed by atoms with Gasteiger partial charge in [-0.05, 0) is 25.7 Å². The number of carbonyl (C=O) groups is 2. The molecule has 1 N–H and O–H groups in total. The van der Waals surface area contributed by atoms with Crippen LogP contribution in [0, 0.1) is 11.8 Å². The fourth-order valence-electron chi connectivity index (χ4n) is 3.75. The zero-order valence-electron chi connectivity index (χ0n) is 13.3. The molecule has 4 rings (SSSR count). The number of nitrogens with zero attached hydrogens (tertiary/aromatic N) is 2. The van der Waals surface area contributed by atoms with Crippen molar-refractivity contribution in [3.8, 4) is 0 Å². The molecule has 5 nitrogen and oxygen atoms in total. The number of amides is 2. The molecule has 2 aliphatic carbocycles. The third-order valence-corrected chi connectivity index (χ3v) is 6.45. The number of rotatable bonds is 3. The van der Waals surface area contributed by atoms with E-state index < -0.39 is 0 Å². The molecule has 0 radical (unpaired) electrons. The Morgan fingerprint density at radius 2 is 1.83 bits per heavy atom. The van der Waals surface area contributed by atoms with Gasteiger partial charge in [0.2, 0.25) is 11.8 Å². The summed E-state index contributed by atoms with van der Waals surface area (Å²) in [6.07, 6.45) is 8.44. The molecule has 0 bridgehead atoms. The number of thiazole rings is 1. The van der Waals surface area contributed by atoms with Crippen molar-refractivity contribution >= 4 is 28.3 Å². The quantitative estimate of drug-likeness (QED) is 0.925. The highest BCUT2D eigenvalue weighted by atomic mass is 32.1. The highest BCUT2D eigenvalue weighted by Crippen LogP contribution is 2.33. The molecule has 0 atom stereocenters. The summed E-state index contributed by atoms with van der Waals surface area (Å²) in [5.74, 6) is 0.849. The minimum atomic E-state index is 0.112. The summed E-state index contributed by atoms with van der Waals surface area (Å²) < 4.78 is 0. The molecule has 1 aromatic rings. The lowest BCUT2D eigenvalue weighted by Crippen LogP contribution is -2.38. The monoisotopic (exact) mass is 333 g/mol. The van der Waals surface area contributed by atoms with Crippen molar-refractivity contribution < 1.29 is 9.59 Å². The van der Waals surface area contributed by atoms with Gasteiger partial charge in [-0.25, -0.2) is 4.98 Å². The molecule has 23 heavy (non-hydrogen) atoms. The zero-order chi connectivity index (χ0) is 15.8. The van der Waals surface area contributed by atoms with E-state index in [1.165, 1.54) is 12.8 Å². The summed E-state index contributed by atoms with van der Waals surface area (Å²) >= 11 is 1.54. The predicted octanol–water partition coefficient (Wildman–Crippen LogP) is 2.96. The van der Waals surface area contributed by atoms with Crippen LogP contribution in [0.3, 0.4) is 0 Å². The van der Waals surface area contributed by atoms with Crippen molar-refractivity contribution in [2.75, 3.05) is 11.9 Å². The van der Waals surface area contributed by atoms with Gasteiger partial charge >= 0.3 is 0 Å². The van der Waals surface area contributed by atoms with Gasteiger partial charge in [-0.2, -0.15) is 0 Å². The zero-order valence-corrected chi connectivity index (χ0v) is 14.2. The normalized spacial score (nSPS) is 21.8. The molecule has 1 aliphatic heterocycles. The predicted molar refractivity (Wildman–Crippen MR) is 89.2 cm³/mol. The lowest BCUT2D eigenvalue weighted by Gasteiger charge is -2.28. The van der Waals surface area contributed by atoms with Crippen LogP contribution in [-0.2, 0) is 22.6 Å². The summed E-state index contributed by atoms with van der Waals surface area (Å²) in [4.78, 5) is 32.3. The number of fused-ring (bicyclic) bond motifs is 1. The van der Waals surface area contributed by atoms with E-state index >= 15 is 0 Å². The lowest BCUT2D eigenvalue weighted by atomic mass is 9.85. The van der Waals surface area contributed by atoms with Crippen LogP contribution in [0.2, 0.25) is 0 Å². The molecular weight excluding hydrogens is 310 g/mol. The van der Waals surface area contributed by atoms with Gasteiger partial charge in [-0.1, -0.05) is 30.6 Å². The van der Waals surface area contributed by atoms with E-state index in [9.17, 15) is 9.59 Å². The van der Waals surface area contributed by atoms with Gasteiger partial charge in [-0.15, -0.1) is 0 Å². The third kappa shape index (κ3) is 3.01. The molecule has 124 valence electrons. The van der Waals surface area contributed by atoms with E-state index in [4.69, 9.17) is 0 Å². The lowest BCUT2D eigenvalue weighted by molar-refractivity contribution is -0.136. The average molecular weight is 333 g/mol. The molecule has 0 aromatic carbocycles. The van der Waals surface area contributed by atoms with E-state index in [2.05, 4.69) is 10.3 Å². The Balaban J connectivity index is 1.40. The van der Waals surface area contributed by atoms with Gasteiger partial charge in [0, 0.05) is 29.7 Å². The van der Waals surface area contributed by atoms with E-state index in [-0.39, 0.29) is 17.7 Å². The van der Waals surface area contributed by atoms with Gasteiger partial charge in [0.05, 0.1) is 12.2 Å². The maximum Gasteiger partial charge on any atom is 0.229 e. The summed E-state index contributed by atoms with van der Waals surface area (Å²) in [5, 5.41) is 3.68. The summed E-state index contributed by atoms with van der Waals surface area (Å²) in [6.45, 7) is 1.43. The first-order valence-electron chi connectivity index (χ1n) is 8.79. The fourth-order valence-corrected chi connectivity index (χ4v) is 4.77. The van der Waals surface area contributed by atoms with Crippen LogP contribution in [0.25, 0.3) is 0 Å². The van der Waals surface area contributed by atoms with Crippen LogP contribution in [0.15, 0.2) is 0 Å². The number of nitrogens with one attached hydrogen (secondary N) is 1. The molecule has 0 saturated heterocycles. The molecule has 2 saturated carbocycles. The summed E-state index contributed by atoms with van der Waals surface area (Å²) in [5.41, 5.74) is 1.06. The number of hydrogen-bond acceptors (Lipinski definition) is 4. The number of hydrogen-bond donors (Lipinski definition) is 1. The Hall–Kier alpha value is -1.43. The SMILES string of the molecule is O=C(Nc1nc2c(s1)CN(C(=O)C1CCCC1)CC2)C1CCC1. The molecule has 3 aliphatic rings. The molecule has 0 unspecified atom stereocenters. The molecule has 2 amide bonds. The van der Waals surface area contributed by atoms with Gasteiger partial charge < -0.3 is 10.2 Å². The maximum atomic E-state index is 12.6. The second-order valence-corrected chi connectivity index (χ2v) is 8.08. The molecule has 2 heterocycles. The largest absolute Gasteiger partial charge is 0.337 e. The second-order valence-electron chi connectivity index (χ2n) is 7.00. The topological polar surface area (TPSA) is 62.3 Å². The van der Waals surface area contributed by atoms with Gasteiger partial charge in [-0.3, -0.25) is 9.59 Å². The molecule has 1 aromatic heterocycles. The number of carbonyl (C=O) groups excluding carboxylic acids is 2. The molecule has 0 spiro atoms. The minimum Gasteiger partial charge on any atom is -0.337 e. The van der Waals surface area contributed by atoms with Gasteiger partial charge in [0.1, 0.15) is 0 Å². The first kappa shape index (κ1) is 15.1. The van der Waals surface area contributed by atoms with E-state index in [0.717, 1.165) is 55.6 Å². The van der Waals surface area contributed by atoms with Crippen LogP contribution in [0.5, 0.6) is 0 Å².